The first-order valence-corrected chi connectivity index (χ1v) is 10.5. The minimum absolute atomic E-state index is 0.183. The normalized spacial score (nSPS) is 10.6. The standard InChI is InChI=1S/C20H29IO6/c1-3-5-7-24-9-11-26-19(22)16-13-17(15-18(21)14-16)20(23)27-12-10-25-8-6-4-2/h13-15H,3-12H2,1-2H3. The zero-order chi connectivity index (χ0) is 19.9. The molecule has 0 saturated heterocycles. The number of unbranched alkanes of at least 4 members (excludes halogenated alkanes) is 2. The summed E-state index contributed by atoms with van der Waals surface area (Å²) in [6, 6.07) is 4.83. The fourth-order valence-corrected chi connectivity index (χ4v) is 2.75. The number of rotatable bonds is 14. The van der Waals surface area contributed by atoms with E-state index in [2.05, 4.69) is 36.4 Å². The molecular formula is C20H29IO6. The number of hydrogen-bond donors (Lipinski definition) is 0. The Morgan fingerprint density at radius 2 is 1.19 bits per heavy atom. The van der Waals surface area contributed by atoms with E-state index in [1.165, 1.54) is 6.07 Å². The molecule has 0 fully saturated rings. The predicted octanol–water partition coefficient (Wildman–Crippen LogP) is 4.24. The summed E-state index contributed by atoms with van der Waals surface area (Å²) in [6.07, 6.45) is 4.10. The van der Waals surface area contributed by atoms with Gasteiger partial charge in [-0.05, 0) is 53.6 Å². The van der Waals surface area contributed by atoms with Crippen molar-refractivity contribution in [1.82, 2.24) is 0 Å². The molecule has 1 aromatic rings. The Morgan fingerprint density at radius 3 is 1.59 bits per heavy atom. The van der Waals surface area contributed by atoms with Crippen LogP contribution in [0.1, 0.15) is 60.2 Å². The second kappa shape index (κ2) is 14.8. The van der Waals surface area contributed by atoms with Crippen LogP contribution < -0.4 is 0 Å². The molecule has 0 aliphatic carbocycles. The molecule has 0 bridgehead atoms. The molecule has 0 saturated carbocycles. The van der Waals surface area contributed by atoms with Crippen molar-refractivity contribution in [2.45, 2.75) is 39.5 Å². The number of halogens is 1. The van der Waals surface area contributed by atoms with E-state index in [1.807, 2.05) is 0 Å². The highest BCUT2D eigenvalue weighted by Crippen LogP contribution is 2.15. The van der Waals surface area contributed by atoms with E-state index in [1.54, 1.807) is 12.1 Å². The fourth-order valence-electron chi connectivity index (χ4n) is 2.08. The molecule has 0 aromatic heterocycles. The zero-order valence-electron chi connectivity index (χ0n) is 16.1. The number of ether oxygens (including phenoxy) is 4. The van der Waals surface area contributed by atoms with Crippen molar-refractivity contribution in [3.8, 4) is 0 Å². The lowest BCUT2D eigenvalue weighted by molar-refractivity contribution is 0.0309. The summed E-state index contributed by atoms with van der Waals surface area (Å²) in [7, 11) is 0. The third-order valence-electron chi connectivity index (χ3n) is 3.58. The zero-order valence-corrected chi connectivity index (χ0v) is 18.3. The maximum absolute atomic E-state index is 12.2. The molecule has 0 heterocycles. The third-order valence-corrected chi connectivity index (χ3v) is 4.20. The lowest BCUT2D eigenvalue weighted by Crippen LogP contribution is -2.14. The maximum atomic E-state index is 12.2. The van der Waals surface area contributed by atoms with Crippen LogP contribution in [0.2, 0.25) is 0 Å². The average Bonchev–Trinajstić information content (AvgIpc) is 2.66. The van der Waals surface area contributed by atoms with Gasteiger partial charge in [0.05, 0.1) is 24.3 Å². The molecule has 1 aromatic carbocycles. The van der Waals surface area contributed by atoms with Crippen molar-refractivity contribution in [3.63, 3.8) is 0 Å². The average molecular weight is 492 g/mol. The molecule has 6 nitrogen and oxygen atoms in total. The Hall–Kier alpha value is -1.19. The number of carbonyl (C=O) groups is 2. The molecule has 0 aliphatic rings. The van der Waals surface area contributed by atoms with E-state index in [9.17, 15) is 9.59 Å². The summed E-state index contributed by atoms with van der Waals surface area (Å²) in [6.45, 7) is 6.59. The first-order valence-electron chi connectivity index (χ1n) is 9.38. The van der Waals surface area contributed by atoms with Crippen molar-refractivity contribution in [2.24, 2.45) is 0 Å². The highest BCUT2D eigenvalue weighted by atomic mass is 127. The fraction of sp³-hybridized carbons (Fsp3) is 0.600. The van der Waals surface area contributed by atoms with Crippen molar-refractivity contribution < 1.29 is 28.5 Å². The number of benzene rings is 1. The predicted molar refractivity (Wildman–Crippen MR) is 111 cm³/mol. The van der Waals surface area contributed by atoms with Crippen LogP contribution in [0.25, 0.3) is 0 Å². The first-order chi connectivity index (χ1) is 13.1. The Balaban J connectivity index is 2.45. The van der Waals surface area contributed by atoms with Crippen LogP contribution in [0, 0.1) is 3.57 Å². The number of carbonyl (C=O) groups excluding carboxylic acids is 2. The van der Waals surface area contributed by atoms with E-state index in [-0.39, 0.29) is 13.2 Å². The second-order valence-corrected chi connectivity index (χ2v) is 7.18. The van der Waals surface area contributed by atoms with E-state index in [4.69, 9.17) is 18.9 Å². The Kier molecular flexibility index (Phi) is 13.1. The molecule has 152 valence electrons. The quantitative estimate of drug-likeness (QED) is 0.220. The summed E-state index contributed by atoms with van der Waals surface area (Å²) in [5.74, 6) is -0.964. The summed E-state index contributed by atoms with van der Waals surface area (Å²) in [5.41, 5.74) is 0.642. The van der Waals surface area contributed by atoms with Crippen LogP contribution in [-0.4, -0.2) is 51.6 Å². The lowest BCUT2D eigenvalue weighted by atomic mass is 10.1. The van der Waals surface area contributed by atoms with Crippen LogP contribution in [0.4, 0.5) is 0 Å². The van der Waals surface area contributed by atoms with Gasteiger partial charge in [-0.2, -0.15) is 0 Å². The van der Waals surface area contributed by atoms with Gasteiger partial charge >= 0.3 is 11.9 Å². The minimum atomic E-state index is -0.482. The van der Waals surface area contributed by atoms with E-state index >= 15 is 0 Å². The van der Waals surface area contributed by atoms with Crippen LogP contribution in [-0.2, 0) is 18.9 Å². The number of hydrogen-bond acceptors (Lipinski definition) is 6. The molecule has 0 aliphatic heterocycles. The summed E-state index contributed by atoms with van der Waals surface area (Å²) in [5, 5.41) is 0. The van der Waals surface area contributed by atoms with Gasteiger partial charge in [0, 0.05) is 16.8 Å². The Morgan fingerprint density at radius 1 is 0.741 bits per heavy atom. The van der Waals surface area contributed by atoms with Crippen molar-refractivity contribution in [1.29, 1.82) is 0 Å². The van der Waals surface area contributed by atoms with Gasteiger partial charge in [-0.3, -0.25) is 0 Å². The van der Waals surface area contributed by atoms with Crippen LogP contribution >= 0.6 is 22.6 Å². The molecule has 0 unspecified atom stereocenters. The second-order valence-electron chi connectivity index (χ2n) is 5.93. The smallest absolute Gasteiger partial charge is 0.338 e. The van der Waals surface area contributed by atoms with Crippen molar-refractivity contribution >= 4 is 34.5 Å². The van der Waals surface area contributed by atoms with Crippen LogP contribution in [0.3, 0.4) is 0 Å². The highest BCUT2D eigenvalue weighted by molar-refractivity contribution is 14.1. The van der Waals surface area contributed by atoms with E-state index in [0.29, 0.717) is 37.6 Å². The van der Waals surface area contributed by atoms with Gasteiger partial charge in [0.2, 0.25) is 0 Å². The molecule has 0 radical (unpaired) electrons. The van der Waals surface area contributed by atoms with Gasteiger partial charge in [0.1, 0.15) is 13.2 Å². The topological polar surface area (TPSA) is 71.1 Å². The maximum Gasteiger partial charge on any atom is 0.338 e. The van der Waals surface area contributed by atoms with Crippen molar-refractivity contribution in [3.05, 3.63) is 32.9 Å². The molecule has 27 heavy (non-hydrogen) atoms. The molecule has 1 rings (SSSR count). The molecular weight excluding hydrogens is 463 g/mol. The van der Waals surface area contributed by atoms with Gasteiger partial charge in [-0.15, -0.1) is 0 Å². The van der Waals surface area contributed by atoms with Crippen molar-refractivity contribution in [2.75, 3.05) is 39.6 Å². The van der Waals surface area contributed by atoms with Gasteiger partial charge in [0.15, 0.2) is 0 Å². The van der Waals surface area contributed by atoms with Gasteiger partial charge in [-0.1, -0.05) is 26.7 Å². The van der Waals surface area contributed by atoms with Gasteiger partial charge in [0.25, 0.3) is 0 Å². The molecule has 7 heteroatoms. The van der Waals surface area contributed by atoms with Gasteiger partial charge < -0.3 is 18.9 Å². The van der Waals surface area contributed by atoms with Crippen LogP contribution in [0.15, 0.2) is 18.2 Å². The SMILES string of the molecule is CCCCOCCOC(=O)c1cc(I)cc(C(=O)OCCOCCCC)c1. The first kappa shape index (κ1) is 23.8. The monoisotopic (exact) mass is 492 g/mol. The van der Waals surface area contributed by atoms with Gasteiger partial charge in [-0.25, -0.2) is 9.59 Å². The summed E-state index contributed by atoms with van der Waals surface area (Å²) < 4.78 is 21.9. The summed E-state index contributed by atoms with van der Waals surface area (Å²) >= 11 is 2.05. The molecule has 0 amide bonds. The molecule has 0 spiro atoms. The third kappa shape index (κ3) is 10.7. The Bertz CT molecular complexity index is 529. The highest BCUT2D eigenvalue weighted by Gasteiger charge is 2.14. The van der Waals surface area contributed by atoms with E-state index < -0.39 is 11.9 Å². The van der Waals surface area contributed by atoms with E-state index in [0.717, 1.165) is 29.3 Å². The summed E-state index contributed by atoms with van der Waals surface area (Å²) in [4.78, 5) is 24.3. The largest absolute Gasteiger partial charge is 0.460 e. The Labute approximate surface area is 175 Å². The van der Waals surface area contributed by atoms with Crippen LogP contribution in [0.5, 0.6) is 0 Å². The number of esters is 2. The lowest BCUT2D eigenvalue weighted by Gasteiger charge is -2.09. The molecule has 0 atom stereocenters. The molecule has 0 N–H and O–H groups in total. The minimum Gasteiger partial charge on any atom is -0.460 e.